The van der Waals surface area contributed by atoms with E-state index < -0.39 is 0 Å². The van der Waals surface area contributed by atoms with E-state index in [1.54, 1.807) is 12.4 Å². The van der Waals surface area contributed by atoms with Crippen LogP contribution in [0.4, 0.5) is 0 Å². The average Bonchev–Trinajstić information content (AvgIpc) is 3.08. The maximum absolute atomic E-state index is 12.4. The van der Waals surface area contributed by atoms with E-state index in [0.717, 1.165) is 29.6 Å². The van der Waals surface area contributed by atoms with Gasteiger partial charge in [-0.25, -0.2) is 15.0 Å². The summed E-state index contributed by atoms with van der Waals surface area (Å²) in [4.78, 5) is 27.7. The van der Waals surface area contributed by atoms with Gasteiger partial charge in [0.15, 0.2) is 17.4 Å². The Morgan fingerprint density at radius 1 is 1.15 bits per heavy atom. The zero-order chi connectivity index (χ0) is 17.9. The maximum atomic E-state index is 12.4. The zero-order valence-electron chi connectivity index (χ0n) is 14.9. The number of piperidine rings is 1. The van der Waals surface area contributed by atoms with Gasteiger partial charge in [0, 0.05) is 24.1 Å². The molecule has 0 amide bonds. The van der Waals surface area contributed by atoms with Gasteiger partial charge in [0.05, 0.1) is 24.7 Å². The molecule has 0 spiro atoms. The Bertz CT molecular complexity index is 928. The number of aromatic nitrogens is 3. The summed E-state index contributed by atoms with van der Waals surface area (Å²) >= 11 is 0. The summed E-state index contributed by atoms with van der Waals surface area (Å²) in [5, 5.41) is 0.942. The lowest BCUT2D eigenvalue weighted by atomic mass is 10.1. The first-order chi connectivity index (χ1) is 12.7. The van der Waals surface area contributed by atoms with E-state index in [1.807, 2.05) is 25.1 Å². The molecule has 6 heteroatoms. The van der Waals surface area contributed by atoms with Crippen LogP contribution in [0, 0.1) is 6.92 Å². The highest BCUT2D eigenvalue weighted by Crippen LogP contribution is 2.24. The molecule has 3 aromatic rings. The first kappa shape index (κ1) is 16.8. The zero-order valence-corrected chi connectivity index (χ0v) is 14.9. The molecule has 1 aromatic carbocycles. The third-order valence-corrected chi connectivity index (χ3v) is 4.74. The Morgan fingerprint density at radius 2 is 2.00 bits per heavy atom. The molecule has 0 radical (unpaired) electrons. The summed E-state index contributed by atoms with van der Waals surface area (Å²) in [6.07, 6.45) is 7.40. The van der Waals surface area contributed by atoms with Crippen LogP contribution in [0.5, 0.6) is 0 Å². The first-order valence-corrected chi connectivity index (χ1v) is 9.10. The smallest absolute Gasteiger partial charge is 0.191 e. The van der Waals surface area contributed by atoms with Crippen LogP contribution in [-0.4, -0.2) is 45.3 Å². The third-order valence-electron chi connectivity index (χ3n) is 4.74. The molecule has 134 valence electrons. The van der Waals surface area contributed by atoms with Crippen molar-refractivity contribution < 1.29 is 9.21 Å². The topological polar surface area (TPSA) is 72.1 Å². The number of Topliss-reactive ketones (excluding diaryl/α,β-unsaturated/α-hetero) is 1. The summed E-state index contributed by atoms with van der Waals surface area (Å²) < 4.78 is 5.58. The Hall–Kier alpha value is -2.60. The minimum Gasteiger partial charge on any atom is -0.441 e. The van der Waals surface area contributed by atoms with E-state index in [2.05, 4.69) is 19.9 Å². The van der Waals surface area contributed by atoms with Crippen molar-refractivity contribution in [2.75, 3.05) is 19.6 Å². The fraction of sp³-hybridized carbons (Fsp3) is 0.400. The van der Waals surface area contributed by atoms with E-state index in [0.29, 0.717) is 24.0 Å². The molecule has 6 nitrogen and oxygen atoms in total. The molecule has 26 heavy (non-hydrogen) atoms. The van der Waals surface area contributed by atoms with Crippen LogP contribution in [-0.2, 0) is 11.2 Å². The Balaban J connectivity index is 1.51. The summed E-state index contributed by atoms with van der Waals surface area (Å²) in [5.41, 5.74) is 1.73. The van der Waals surface area contributed by atoms with E-state index in [-0.39, 0.29) is 12.2 Å². The van der Waals surface area contributed by atoms with Crippen molar-refractivity contribution >= 4 is 16.7 Å². The fourth-order valence-corrected chi connectivity index (χ4v) is 3.39. The van der Waals surface area contributed by atoms with Crippen LogP contribution in [0.2, 0.25) is 0 Å². The molecular weight excluding hydrogens is 328 g/mol. The lowest BCUT2D eigenvalue weighted by Gasteiger charge is -2.25. The molecule has 1 aliphatic rings. The van der Waals surface area contributed by atoms with Crippen LogP contribution in [0.25, 0.3) is 22.2 Å². The van der Waals surface area contributed by atoms with Crippen molar-refractivity contribution in [1.29, 1.82) is 0 Å². The highest BCUT2D eigenvalue weighted by Gasteiger charge is 2.15. The number of hydrogen-bond donors (Lipinski definition) is 0. The van der Waals surface area contributed by atoms with Crippen LogP contribution >= 0.6 is 0 Å². The molecule has 3 heterocycles. The van der Waals surface area contributed by atoms with E-state index in [1.165, 1.54) is 19.3 Å². The molecule has 0 atom stereocenters. The molecule has 2 aromatic heterocycles. The van der Waals surface area contributed by atoms with Gasteiger partial charge in [-0.2, -0.15) is 0 Å². The van der Waals surface area contributed by atoms with Gasteiger partial charge in [0.2, 0.25) is 0 Å². The van der Waals surface area contributed by atoms with Gasteiger partial charge in [0.1, 0.15) is 5.82 Å². The first-order valence-electron chi connectivity index (χ1n) is 9.10. The molecule has 4 rings (SSSR count). The van der Waals surface area contributed by atoms with Crippen LogP contribution < -0.4 is 0 Å². The van der Waals surface area contributed by atoms with Crippen molar-refractivity contribution in [3.63, 3.8) is 0 Å². The minimum absolute atomic E-state index is 0.174. The number of carbonyl (C=O) groups excluding carboxylic acids is 1. The number of oxazole rings is 1. The molecule has 0 aliphatic carbocycles. The van der Waals surface area contributed by atoms with Crippen LogP contribution in [0.15, 0.2) is 35.0 Å². The van der Waals surface area contributed by atoms with Gasteiger partial charge < -0.3 is 4.42 Å². The number of aryl methyl sites for hydroxylation is 1. The van der Waals surface area contributed by atoms with Crippen molar-refractivity contribution in [2.45, 2.75) is 32.6 Å². The van der Waals surface area contributed by atoms with Crippen molar-refractivity contribution in [2.24, 2.45) is 0 Å². The van der Waals surface area contributed by atoms with Crippen molar-refractivity contribution in [3.05, 3.63) is 42.3 Å². The predicted molar refractivity (Wildman–Crippen MR) is 98.8 cm³/mol. The number of likely N-dealkylation sites (tertiary alicyclic amines) is 1. The van der Waals surface area contributed by atoms with Gasteiger partial charge in [-0.3, -0.25) is 9.69 Å². The quantitative estimate of drug-likeness (QED) is 0.704. The summed E-state index contributed by atoms with van der Waals surface area (Å²) in [5.74, 6) is 2.09. The highest BCUT2D eigenvalue weighted by atomic mass is 16.4. The number of nitrogens with zero attached hydrogens (tertiary/aromatic N) is 4. The molecular formula is C20H22N4O2. The lowest BCUT2D eigenvalue weighted by Crippen LogP contribution is -2.35. The van der Waals surface area contributed by atoms with Crippen LogP contribution in [0.3, 0.4) is 0 Å². The molecule has 0 bridgehead atoms. The van der Waals surface area contributed by atoms with Gasteiger partial charge in [-0.1, -0.05) is 18.6 Å². The van der Waals surface area contributed by atoms with Gasteiger partial charge >= 0.3 is 0 Å². The number of benzene rings is 1. The second kappa shape index (κ2) is 7.33. The molecule has 0 N–H and O–H groups in total. The fourth-order valence-electron chi connectivity index (χ4n) is 3.39. The molecule has 1 aliphatic heterocycles. The Morgan fingerprint density at radius 3 is 2.77 bits per heavy atom. The van der Waals surface area contributed by atoms with E-state index in [4.69, 9.17) is 4.42 Å². The summed E-state index contributed by atoms with van der Waals surface area (Å²) in [7, 11) is 0. The Kier molecular flexibility index (Phi) is 4.75. The lowest BCUT2D eigenvalue weighted by molar-refractivity contribution is -0.119. The molecule has 1 saturated heterocycles. The number of fused-ring (bicyclic) bond motifs is 1. The molecule has 0 unspecified atom stereocenters. The highest BCUT2D eigenvalue weighted by molar-refractivity contribution is 5.84. The normalized spacial score (nSPS) is 15.4. The second-order valence-corrected chi connectivity index (χ2v) is 6.86. The second-order valence-electron chi connectivity index (χ2n) is 6.86. The number of ketones is 1. The monoisotopic (exact) mass is 350 g/mol. The molecule has 0 saturated carbocycles. The van der Waals surface area contributed by atoms with E-state index >= 15 is 0 Å². The average molecular weight is 350 g/mol. The predicted octanol–water partition coefficient (Wildman–Crippen LogP) is 3.19. The van der Waals surface area contributed by atoms with Crippen molar-refractivity contribution in [3.8, 4) is 11.3 Å². The number of rotatable bonds is 5. The van der Waals surface area contributed by atoms with Crippen molar-refractivity contribution in [1.82, 2.24) is 19.9 Å². The van der Waals surface area contributed by atoms with Crippen LogP contribution in [0.1, 0.15) is 31.0 Å². The SMILES string of the molecule is Cc1ncc(-c2ccc3cnc(CC(=O)CN4CCCCC4)nc3c2)o1. The minimum atomic E-state index is 0.174. The summed E-state index contributed by atoms with van der Waals surface area (Å²) in [6, 6.07) is 5.88. The number of hydrogen-bond acceptors (Lipinski definition) is 6. The van der Waals surface area contributed by atoms with Gasteiger partial charge in [-0.15, -0.1) is 0 Å². The molecule has 1 fully saturated rings. The third kappa shape index (κ3) is 3.80. The van der Waals surface area contributed by atoms with Gasteiger partial charge in [-0.05, 0) is 32.0 Å². The Labute approximate surface area is 152 Å². The summed E-state index contributed by atoms with van der Waals surface area (Å²) in [6.45, 7) is 4.35. The van der Waals surface area contributed by atoms with E-state index in [9.17, 15) is 4.79 Å². The number of carbonyl (C=O) groups is 1. The standard InChI is InChI=1S/C20H22N4O2/c1-14-21-12-19(26-14)15-5-6-16-11-22-20(23-18(16)9-15)10-17(25)13-24-7-3-2-4-8-24/h5-6,9,11-12H,2-4,7-8,10,13H2,1H3. The maximum Gasteiger partial charge on any atom is 0.191 e. The van der Waals surface area contributed by atoms with Gasteiger partial charge in [0.25, 0.3) is 0 Å². The largest absolute Gasteiger partial charge is 0.441 e.